The van der Waals surface area contributed by atoms with E-state index in [4.69, 9.17) is 4.74 Å². The smallest absolute Gasteiger partial charge is 0.265 e. The first-order valence-corrected chi connectivity index (χ1v) is 8.14. The zero-order valence-electron chi connectivity index (χ0n) is 14.5. The van der Waals surface area contributed by atoms with Gasteiger partial charge in [-0.3, -0.25) is 19.3 Å². The van der Waals surface area contributed by atoms with Crippen LogP contribution < -0.4 is 20.3 Å². The highest BCUT2D eigenvalue weighted by molar-refractivity contribution is 6.05. The van der Waals surface area contributed by atoms with E-state index >= 15 is 0 Å². The second-order valence-electron chi connectivity index (χ2n) is 5.94. The zero-order valence-corrected chi connectivity index (χ0v) is 14.5. The van der Waals surface area contributed by atoms with Gasteiger partial charge in [0.05, 0.1) is 5.69 Å². The maximum atomic E-state index is 12.4. The van der Waals surface area contributed by atoms with Crippen LogP contribution in [-0.4, -0.2) is 37.9 Å². The van der Waals surface area contributed by atoms with E-state index in [2.05, 4.69) is 10.6 Å². The molecular formula is C19H19N3O4. The van der Waals surface area contributed by atoms with Gasteiger partial charge in [-0.1, -0.05) is 6.07 Å². The summed E-state index contributed by atoms with van der Waals surface area (Å²) < 4.78 is 5.41. The highest BCUT2D eigenvalue weighted by Crippen LogP contribution is 2.32. The third-order valence-electron chi connectivity index (χ3n) is 4.02. The summed E-state index contributed by atoms with van der Waals surface area (Å²) >= 11 is 0. The molecule has 7 nitrogen and oxygen atoms in total. The summed E-state index contributed by atoms with van der Waals surface area (Å²) in [7, 11) is 1.55. The van der Waals surface area contributed by atoms with E-state index in [1.165, 1.54) is 4.90 Å². The van der Waals surface area contributed by atoms with Gasteiger partial charge in [-0.2, -0.15) is 0 Å². The van der Waals surface area contributed by atoms with Gasteiger partial charge >= 0.3 is 0 Å². The number of carbonyl (C=O) groups excluding carboxylic acids is 3. The standard InChI is InChI=1S/C19H19N3O4/c1-12-3-8-16-15(9-12)22(18(24)11-26-16)10-17(23)21-14-6-4-13(5-7-14)19(25)20-2/h3-9H,10-11H2,1-2H3,(H,20,25)(H,21,23). The minimum Gasteiger partial charge on any atom is -0.482 e. The van der Waals surface area contributed by atoms with Crippen LogP contribution in [0.25, 0.3) is 0 Å². The van der Waals surface area contributed by atoms with E-state index in [0.29, 0.717) is 22.7 Å². The topological polar surface area (TPSA) is 87.7 Å². The van der Waals surface area contributed by atoms with Crippen molar-refractivity contribution < 1.29 is 19.1 Å². The Bertz CT molecular complexity index is 862. The number of anilines is 2. The zero-order chi connectivity index (χ0) is 18.7. The maximum absolute atomic E-state index is 12.4. The van der Waals surface area contributed by atoms with Crippen molar-refractivity contribution >= 4 is 29.1 Å². The largest absolute Gasteiger partial charge is 0.482 e. The fourth-order valence-electron chi connectivity index (χ4n) is 2.68. The van der Waals surface area contributed by atoms with Crippen molar-refractivity contribution in [2.24, 2.45) is 0 Å². The molecule has 2 aromatic carbocycles. The fraction of sp³-hybridized carbons (Fsp3) is 0.211. The minimum absolute atomic E-state index is 0.0931. The van der Waals surface area contributed by atoms with E-state index in [1.54, 1.807) is 37.4 Å². The van der Waals surface area contributed by atoms with Crippen LogP contribution >= 0.6 is 0 Å². The van der Waals surface area contributed by atoms with Crippen molar-refractivity contribution in [2.45, 2.75) is 6.92 Å². The number of hydrogen-bond acceptors (Lipinski definition) is 4. The summed E-state index contributed by atoms with van der Waals surface area (Å²) in [5.41, 5.74) is 2.61. The molecule has 26 heavy (non-hydrogen) atoms. The predicted molar refractivity (Wildman–Crippen MR) is 97.5 cm³/mol. The number of amides is 3. The molecule has 0 bridgehead atoms. The number of aryl methyl sites for hydroxylation is 1. The molecule has 0 unspecified atom stereocenters. The summed E-state index contributed by atoms with van der Waals surface area (Å²) in [6.07, 6.45) is 0. The highest BCUT2D eigenvalue weighted by Gasteiger charge is 2.27. The Morgan fingerprint density at radius 1 is 1.15 bits per heavy atom. The molecule has 1 aliphatic rings. The van der Waals surface area contributed by atoms with Gasteiger partial charge in [0.2, 0.25) is 5.91 Å². The first-order chi connectivity index (χ1) is 12.5. The van der Waals surface area contributed by atoms with Crippen LogP contribution in [0.5, 0.6) is 5.75 Å². The van der Waals surface area contributed by atoms with E-state index in [1.807, 2.05) is 19.1 Å². The Kier molecular flexibility index (Phi) is 4.88. The van der Waals surface area contributed by atoms with Gasteiger partial charge in [0.1, 0.15) is 12.3 Å². The van der Waals surface area contributed by atoms with Crippen LogP contribution in [0.3, 0.4) is 0 Å². The number of rotatable bonds is 4. The number of fused-ring (bicyclic) bond motifs is 1. The molecular weight excluding hydrogens is 334 g/mol. The molecule has 0 saturated carbocycles. The summed E-state index contributed by atoms with van der Waals surface area (Å²) in [6, 6.07) is 12.0. The van der Waals surface area contributed by atoms with E-state index in [9.17, 15) is 14.4 Å². The Morgan fingerprint density at radius 3 is 2.58 bits per heavy atom. The second-order valence-corrected chi connectivity index (χ2v) is 5.94. The summed E-state index contributed by atoms with van der Waals surface area (Å²) in [4.78, 5) is 37.5. The van der Waals surface area contributed by atoms with Gasteiger partial charge in [-0.25, -0.2) is 0 Å². The Morgan fingerprint density at radius 2 is 1.88 bits per heavy atom. The van der Waals surface area contributed by atoms with Crippen molar-refractivity contribution in [3.05, 3.63) is 53.6 Å². The van der Waals surface area contributed by atoms with Crippen molar-refractivity contribution in [2.75, 3.05) is 30.4 Å². The van der Waals surface area contributed by atoms with Crippen molar-refractivity contribution in [3.8, 4) is 5.75 Å². The van der Waals surface area contributed by atoms with Gasteiger partial charge in [-0.05, 0) is 48.9 Å². The molecule has 0 atom stereocenters. The second kappa shape index (κ2) is 7.26. The van der Waals surface area contributed by atoms with Crippen molar-refractivity contribution in [1.82, 2.24) is 5.32 Å². The molecule has 0 saturated heterocycles. The Labute approximate surface area is 150 Å². The summed E-state index contributed by atoms with van der Waals surface area (Å²) in [5, 5.41) is 5.27. The van der Waals surface area contributed by atoms with Crippen molar-refractivity contribution in [1.29, 1.82) is 0 Å². The number of nitrogens with one attached hydrogen (secondary N) is 2. The van der Waals surface area contributed by atoms with Gasteiger partial charge in [0.15, 0.2) is 6.61 Å². The van der Waals surface area contributed by atoms with Crippen LogP contribution in [0.1, 0.15) is 15.9 Å². The Hall–Kier alpha value is -3.35. The maximum Gasteiger partial charge on any atom is 0.265 e. The molecule has 1 heterocycles. The highest BCUT2D eigenvalue weighted by atomic mass is 16.5. The average Bonchev–Trinajstić information content (AvgIpc) is 2.64. The van der Waals surface area contributed by atoms with Gasteiger partial charge in [0.25, 0.3) is 11.8 Å². The molecule has 0 fully saturated rings. The van der Waals surface area contributed by atoms with E-state index < -0.39 is 0 Å². The van der Waals surface area contributed by atoms with E-state index in [-0.39, 0.29) is 30.9 Å². The van der Waals surface area contributed by atoms with Gasteiger partial charge < -0.3 is 15.4 Å². The predicted octanol–water partition coefficient (Wildman–Crippen LogP) is 1.72. The third kappa shape index (κ3) is 3.66. The minimum atomic E-state index is -0.333. The lowest BCUT2D eigenvalue weighted by atomic mass is 10.1. The SMILES string of the molecule is CNC(=O)c1ccc(NC(=O)CN2C(=O)COc3ccc(C)cc32)cc1. The van der Waals surface area contributed by atoms with Crippen LogP contribution in [0.4, 0.5) is 11.4 Å². The monoisotopic (exact) mass is 353 g/mol. The van der Waals surface area contributed by atoms with Crippen LogP contribution in [-0.2, 0) is 9.59 Å². The lowest BCUT2D eigenvalue weighted by Crippen LogP contribution is -2.43. The normalized spacial score (nSPS) is 12.8. The summed E-state index contributed by atoms with van der Waals surface area (Å²) in [6.45, 7) is 1.70. The average molecular weight is 353 g/mol. The lowest BCUT2D eigenvalue weighted by molar-refractivity contribution is -0.123. The molecule has 2 N–H and O–H groups in total. The molecule has 0 spiro atoms. The molecule has 3 amide bonds. The third-order valence-corrected chi connectivity index (χ3v) is 4.02. The number of benzene rings is 2. The van der Waals surface area contributed by atoms with Crippen LogP contribution in [0, 0.1) is 6.92 Å². The van der Waals surface area contributed by atoms with E-state index in [0.717, 1.165) is 5.56 Å². The van der Waals surface area contributed by atoms with Crippen molar-refractivity contribution in [3.63, 3.8) is 0 Å². The first-order valence-electron chi connectivity index (χ1n) is 8.14. The number of ether oxygens (including phenoxy) is 1. The summed E-state index contributed by atoms with van der Waals surface area (Å²) in [5.74, 6) is -0.222. The lowest BCUT2D eigenvalue weighted by Gasteiger charge is -2.29. The van der Waals surface area contributed by atoms with Crippen LogP contribution in [0.15, 0.2) is 42.5 Å². The molecule has 0 radical (unpaired) electrons. The quantitative estimate of drug-likeness (QED) is 0.876. The van der Waals surface area contributed by atoms with Gasteiger partial charge in [-0.15, -0.1) is 0 Å². The number of carbonyl (C=O) groups is 3. The molecule has 3 rings (SSSR count). The fourth-order valence-corrected chi connectivity index (χ4v) is 2.68. The first kappa shape index (κ1) is 17.5. The molecule has 0 aliphatic carbocycles. The number of hydrogen-bond donors (Lipinski definition) is 2. The molecule has 1 aliphatic heterocycles. The molecule has 134 valence electrons. The molecule has 2 aromatic rings. The number of nitrogens with zero attached hydrogens (tertiary/aromatic N) is 1. The van der Waals surface area contributed by atoms with Crippen LogP contribution in [0.2, 0.25) is 0 Å². The van der Waals surface area contributed by atoms with Gasteiger partial charge in [0, 0.05) is 18.3 Å². The Balaban J connectivity index is 1.71. The molecule has 7 heteroatoms. The molecule has 0 aromatic heterocycles.